The summed E-state index contributed by atoms with van der Waals surface area (Å²) in [4.78, 5) is 25.1. The van der Waals surface area contributed by atoms with Gasteiger partial charge in [0.05, 0.1) is 4.90 Å². The third-order valence-electron chi connectivity index (χ3n) is 3.97. The molecule has 132 valence electrons. The lowest BCUT2D eigenvalue weighted by atomic mass is 10.2. The van der Waals surface area contributed by atoms with Gasteiger partial charge in [0.1, 0.15) is 12.6 Å². The second-order valence-electron chi connectivity index (χ2n) is 5.74. The van der Waals surface area contributed by atoms with Gasteiger partial charge in [0.15, 0.2) is 0 Å². The maximum atomic E-state index is 12.8. The number of benzene rings is 1. The van der Waals surface area contributed by atoms with Crippen molar-refractivity contribution in [2.24, 2.45) is 0 Å². The molecule has 0 aromatic heterocycles. The Morgan fingerprint density at radius 1 is 1.29 bits per heavy atom. The predicted molar refractivity (Wildman–Crippen MR) is 87.9 cm³/mol. The summed E-state index contributed by atoms with van der Waals surface area (Å²) in [6.45, 7) is 1.99. The Bertz CT molecular complexity index is 690. The normalized spacial score (nSPS) is 18.5. The number of hydrogen-bond donors (Lipinski definition) is 1. The van der Waals surface area contributed by atoms with Crippen molar-refractivity contribution in [3.8, 4) is 0 Å². The third kappa shape index (κ3) is 3.93. The second-order valence-corrected chi connectivity index (χ2v) is 7.63. The molecule has 1 atom stereocenters. The Kier molecular flexibility index (Phi) is 5.95. The van der Waals surface area contributed by atoms with Crippen molar-refractivity contribution in [2.45, 2.75) is 37.1 Å². The highest BCUT2D eigenvalue weighted by atomic mass is 32.2. The van der Waals surface area contributed by atoms with Crippen LogP contribution in [0.25, 0.3) is 0 Å². The van der Waals surface area contributed by atoms with Crippen LogP contribution in [0.1, 0.15) is 26.2 Å². The van der Waals surface area contributed by atoms with Gasteiger partial charge >= 0.3 is 5.97 Å². The lowest BCUT2D eigenvalue weighted by Gasteiger charge is -2.28. The number of carbonyl (C=O) groups excluding carboxylic acids is 1. The van der Waals surface area contributed by atoms with E-state index in [-0.39, 0.29) is 11.4 Å². The summed E-state index contributed by atoms with van der Waals surface area (Å²) in [5.74, 6) is -1.54. The van der Waals surface area contributed by atoms with Crippen molar-refractivity contribution in [3.63, 3.8) is 0 Å². The van der Waals surface area contributed by atoms with Gasteiger partial charge in [-0.1, -0.05) is 25.1 Å². The van der Waals surface area contributed by atoms with Gasteiger partial charge in [-0.15, -0.1) is 0 Å². The van der Waals surface area contributed by atoms with E-state index in [4.69, 9.17) is 5.11 Å². The van der Waals surface area contributed by atoms with E-state index in [0.717, 1.165) is 0 Å². The lowest BCUT2D eigenvalue weighted by Crippen LogP contribution is -2.49. The van der Waals surface area contributed by atoms with Crippen molar-refractivity contribution in [2.75, 3.05) is 19.6 Å². The topological polar surface area (TPSA) is 95.0 Å². The number of carboxylic acids is 1. The molecule has 8 heteroatoms. The Labute approximate surface area is 141 Å². The van der Waals surface area contributed by atoms with Gasteiger partial charge in [-0.3, -0.25) is 9.59 Å². The Morgan fingerprint density at radius 2 is 1.96 bits per heavy atom. The molecule has 1 aliphatic heterocycles. The molecule has 1 fully saturated rings. The third-order valence-corrected chi connectivity index (χ3v) is 5.89. The van der Waals surface area contributed by atoms with Crippen molar-refractivity contribution in [3.05, 3.63) is 30.3 Å². The molecule has 2 rings (SSSR count). The van der Waals surface area contributed by atoms with Gasteiger partial charge in [0.2, 0.25) is 15.9 Å². The average Bonchev–Trinajstić information content (AvgIpc) is 3.04. The molecule has 1 aliphatic rings. The smallest absolute Gasteiger partial charge is 0.323 e. The SMILES string of the molecule is CCCN(CC(=O)O)C(=O)C1CCCN1S(=O)(=O)c1ccccc1. The number of aliphatic carboxylic acids is 1. The van der Waals surface area contributed by atoms with Gasteiger partial charge in [-0.2, -0.15) is 4.31 Å². The van der Waals surface area contributed by atoms with Gasteiger partial charge < -0.3 is 10.0 Å². The summed E-state index contributed by atoms with van der Waals surface area (Å²) >= 11 is 0. The zero-order valence-electron chi connectivity index (χ0n) is 13.6. The fourth-order valence-corrected chi connectivity index (χ4v) is 4.59. The molecule has 1 saturated heterocycles. The maximum absolute atomic E-state index is 12.8. The molecule has 0 saturated carbocycles. The maximum Gasteiger partial charge on any atom is 0.323 e. The van der Waals surface area contributed by atoms with Crippen molar-refractivity contribution >= 4 is 21.9 Å². The summed E-state index contributed by atoms with van der Waals surface area (Å²) in [5.41, 5.74) is 0. The molecule has 0 aliphatic carbocycles. The molecule has 1 amide bonds. The van der Waals surface area contributed by atoms with Crippen molar-refractivity contribution in [1.29, 1.82) is 0 Å². The molecule has 0 spiro atoms. The van der Waals surface area contributed by atoms with Crippen LogP contribution in [0.2, 0.25) is 0 Å². The van der Waals surface area contributed by atoms with Crippen molar-refractivity contribution in [1.82, 2.24) is 9.21 Å². The fourth-order valence-electron chi connectivity index (χ4n) is 2.91. The number of rotatable bonds is 7. The molecule has 0 radical (unpaired) electrons. The van der Waals surface area contributed by atoms with Gasteiger partial charge in [0, 0.05) is 13.1 Å². The zero-order chi connectivity index (χ0) is 17.7. The molecule has 0 bridgehead atoms. The largest absolute Gasteiger partial charge is 0.480 e. The summed E-state index contributed by atoms with van der Waals surface area (Å²) in [6.07, 6.45) is 1.59. The molecule has 24 heavy (non-hydrogen) atoms. The first-order valence-electron chi connectivity index (χ1n) is 7.95. The molecule has 7 nitrogen and oxygen atoms in total. The average molecular weight is 354 g/mol. The molecule has 1 heterocycles. The van der Waals surface area contributed by atoms with E-state index >= 15 is 0 Å². The standard InChI is InChI=1S/C16H22N2O5S/c1-2-10-17(12-15(19)20)16(21)14-9-6-11-18(14)24(22,23)13-7-4-3-5-8-13/h3-5,7-8,14H,2,6,9-12H2,1H3,(H,19,20). The molecule has 1 unspecified atom stereocenters. The van der Waals surface area contributed by atoms with E-state index in [9.17, 15) is 18.0 Å². The number of carbonyl (C=O) groups is 2. The molecular weight excluding hydrogens is 332 g/mol. The molecule has 1 aromatic rings. The quantitative estimate of drug-likeness (QED) is 0.793. The highest BCUT2D eigenvalue weighted by molar-refractivity contribution is 7.89. The van der Waals surface area contributed by atoms with Crippen LogP contribution >= 0.6 is 0 Å². The second kappa shape index (κ2) is 7.76. The first-order chi connectivity index (χ1) is 11.4. The number of amides is 1. The van der Waals surface area contributed by atoms with E-state index in [1.54, 1.807) is 18.2 Å². The minimum Gasteiger partial charge on any atom is -0.480 e. The first-order valence-corrected chi connectivity index (χ1v) is 9.39. The van der Waals surface area contributed by atoms with Crippen LogP contribution < -0.4 is 0 Å². The van der Waals surface area contributed by atoms with Crippen LogP contribution in [-0.2, 0) is 19.6 Å². The highest BCUT2D eigenvalue weighted by Crippen LogP contribution is 2.27. The van der Waals surface area contributed by atoms with Crippen LogP contribution in [0.15, 0.2) is 35.2 Å². The lowest BCUT2D eigenvalue weighted by molar-refractivity contribution is -0.145. The van der Waals surface area contributed by atoms with E-state index in [1.807, 2.05) is 6.92 Å². The number of sulfonamides is 1. The van der Waals surface area contributed by atoms with Gasteiger partial charge in [-0.25, -0.2) is 8.42 Å². The summed E-state index contributed by atoms with van der Waals surface area (Å²) in [5, 5.41) is 8.98. The molecule has 1 N–H and O–H groups in total. The Hall–Kier alpha value is -1.93. The van der Waals surface area contributed by atoms with E-state index in [0.29, 0.717) is 25.8 Å². The summed E-state index contributed by atoms with van der Waals surface area (Å²) in [6, 6.07) is 7.15. The molecular formula is C16H22N2O5S. The molecule has 1 aromatic carbocycles. The van der Waals surface area contributed by atoms with Crippen LogP contribution in [0.4, 0.5) is 0 Å². The van der Waals surface area contributed by atoms with Crippen LogP contribution in [0, 0.1) is 0 Å². The highest BCUT2D eigenvalue weighted by Gasteiger charge is 2.41. The summed E-state index contributed by atoms with van der Waals surface area (Å²) < 4.78 is 26.8. The zero-order valence-corrected chi connectivity index (χ0v) is 14.4. The van der Waals surface area contributed by atoms with Crippen LogP contribution in [0.3, 0.4) is 0 Å². The minimum absolute atomic E-state index is 0.143. The van der Waals surface area contributed by atoms with Gasteiger partial charge in [0.25, 0.3) is 0 Å². The van der Waals surface area contributed by atoms with Crippen molar-refractivity contribution < 1.29 is 23.1 Å². The van der Waals surface area contributed by atoms with Crippen LogP contribution in [0.5, 0.6) is 0 Å². The monoisotopic (exact) mass is 354 g/mol. The van der Waals surface area contributed by atoms with Gasteiger partial charge in [-0.05, 0) is 31.4 Å². The summed E-state index contributed by atoms with van der Waals surface area (Å²) in [7, 11) is -3.77. The Balaban J connectivity index is 2.26. The van der Waals surface area contributed by atoms with E-state index in [1.165, 1.54) is 21.3 Å². The van der Waals surface area contributed by atoms with E-state index < -0.39 is 34.5 Å². The van der Waals surface area contributed by atoms with Crippen LogP contribution in [-0.4, -0.2) is 60.3 Å². The first kappa shape index (κ1) is 18.4. The number of nitrogens with zero attached hydrogens (tertiary/aromatic N) is 2. The van der Waals surface area contributed by atoms with E-state index in [2.05, 4.69) is 0 Å². The Morgan fingerprint density at radius 3 is 2.54 bits per heavy atom. The number of hydrogen-bond acceptors (Lipinski definition) is 4. The minimum atomic E-state index is -3.77. The number of carboxylic acid groups (broad SMARTS) is 1. The predicted octanol–water partition coefficient (Wildman–Crippen LogP) is 1.16. The fraction of sp³-hybridized carbons (Fsp3) is 0.500.